The molecule has 2 atom stereocenters. The topological polar surface area (TPSA) is 62.2 Å². The normalized spacial score (nSPS) is 14.1. The molecule has 0 aromatic carbocycles. The molecule has 100 valence electrons. The predicted octanol–water partition coefficient (Wildman–Crippen LogP) is 1.54. The van der Waals surface area contributed by atoms with E-state index in [1.807, 2.05) is 33.1 Å². The zero-order chi connectivity index (χ0) is 13.7. The fourth-order valence-corrected chi connectivity index (χ4v) is 2.37. The average Bonchev–Trinajstić information content (AvgIpc) is 2.30. The number of pyridine rings is 1. The smallest absolute Gasteiger partial charge is 0.253 e. The second-order valence-corrected chi connectivity index (χ2v) is 5.38. The Labute approximate surface area is 112 Å². The first-order valence-corrected chi connectivity index (χ1v) is 7.17. The van der Waals surface area contributed by atoms with Crippen molar-refractivity contribution in [2.45, 2.75) is 32.1 Å². The molecular weight excluding hydrogens is 248 g/mol. The Bertz CT molecular complexity index is 419. The lowest BCUT2D eigenvalue weighted by atomic mass is 10.1. The Kier molecular flexibility index (Phi) is 5.62. The molecule has 1 heterocycles. The second-order valence-electron chi connectivity index (χ2n) is 4.30. The number of rotatable bonds is 5. The third-order valence-corrected chi connectivity index (χ3v) is 4.03. The largest absolute Gasteiger partial charge is 0.395 e. The minimum atomic E-state index is -0.139. The highest BCUT2D eigenvalue weighted by molar-refractivity contribution is 7.99. The molecule has 1 aromatic heterocycles. The van der Waals surface area contributed by atoms with Crippen LogP contribution in [-0.4, -0.2) is 40.2 Å². The van der Waals surface area contributed by atoms with Crippen molar-refractivity contribution in [1.82, 2.24) is 10.3 Å². The minimum Gasteiger partial charge on any atom is -0.395 e. The summed E-state index contributed by atoms with van der Waals surface area (Å²) < 4.78 is 0. The Morgan fingerprint density at radius 1 is 1.50 bits per heavy atom. The summed E-state index contributed by atoms with van der Waals surface area (Å²) in [5.41, 5.74) is 2.21. The van der Waals surface area contributed by atoms with E-state index in [4.69, 9.17) is 0 Å². The molecule has 2 N–H and O–H groups in total. The van der Waals surface area contributed by atoms with Gasteiger partial charge in [-0.15, -0.1) is 0 Å². The molecule has 0 saturated carbocycles. The van der Waals surface area contributed by atoms with Crippen molar-refractivity contribution in [3.63, 3.8) is 0 Å². The van der Waals surface area contributed by atoms with Crippen LogP contribution in [0.2, 0.25) is 0 Å². The highest BCUT2D eigenvalue weighted by atomic mass is 32.2. The van der Waals surface area contributed by atoms with Gasteiger partial charge in [-0.25, -0.2) is 0 Å². The number of amides is 1. The highest BCUT2D eigenvalue weighted by Gasteiger charge is 2.19. The van der Waals surface area contributed by atoms with Crippen molar-refractivity contribution in [3.8, 4) is 0 Å². The van der Waals surface area contributed by atoms with Crippen LogP contribution >= 0.6 is 11.8 Å². The fraction of sp³-hybridized carbons (Fsp3) is 0.538. The molecule has 1 aromatic rings. The zero-order valence-electron chi connectivity index (χ0n) is 11.2. The molecule has 0 aliphatic heterocycles. The van der Waals surface area contributed by atoms with E-state index in [2.05, 4.69) is 10.3 Å². The molecule has 18 heavy (non-hydrogen) atoms. The van der Waals surface area contributed by atoms with Gasteiger partial charge in [-0.1, -0.05) is 0 Å². The lowest BCUT2D eigenvalue weighted by Gasteiger charge is -2.21. The summed E-state index contributed by atoms with van der Waals surface area (Å²) in [6, 6.07) is 3.52. The number of aliphatic hydroxyl groups excluding tert-OH is 1. The quantitative estimate of drug-likeness (QED) is 0.850. The first-order chi connectivity index (χ1) is 8.49. The van der Waals surface area contributed by atoms with E-state index in [1.165, 1.54) is 0 Å². The summed E-state index contributed by atoms with van der Waals surface area (Å²) in [6.07, 6.45) is 1.92. The summed E-state index contributed by atoms with van der Waals surface area (Å²) in [5, 5.41) is 12.1. The number of aromatic nitrogens is 1. The van der Waals surface area contributed by atoms with Crippen LogP contribution in [-0.2, 0) is 0 Å². The van der Waals surface area contributed by atoms with Gasteiger partial charge in [0.05, 0.1) is 17.9 Å². The number of carbonyl (C=O) groups is 1. The third kappa shape index (κ3) is 3.71. The lowest BCUT2D eigenvalue weighted by molar-refractivity contribution is 0.0935. The van der Waals surface area contributed by atoms with Crippen molar-refractivity contribution in [2.75, 3.05) is 12.9 Å². The maximum absolute atomic E-state index is 12.1. The number of nitrogens with zero attached hydrogens (tertiary/aromatic N) is 1. The van der Waals surface area contributed by atoms with E-state index in [0.717, 1.165) is 11.4 Å². The van der Waals surface area contributed by atoms with E-state index in [-0.39, 0.29) is 23.8 Å². The molecule has 4 nitrogen and oxygen atoms in total. The van der Waals surface area contributed by atoms with Crippen LogP contribution in [0.15, 0.2) is 12.1 Å². The number of thioether (sulfide) groups is 1. The molecule has 0 saturated heterocycles. The summed E-state index contributed by atoms with van der Waals surface area (Å²) in [7, 11) is 0. The van der Waals surface area contributed by atoms with Crippen LogP contribution in [0.5, 0.6) is 0 Å². The summed E-state index contributed by atoms with van der Waals surface area (Å²) in [5.74, 6) is -0.139. The number of carbonyl (C=O) groups excluding carboxylic acids is 1. The van der Waals surface area contributed by atoms with Crippen molar-refractivity contribution >= 4 is 17.7 Å². The van der Waals surface area contributed by atoms with Gasteiger partial charge in [-0.2, -0.15) is 11.8 Å². The van der Waals surface area contributed by atoms with Crippen molar-refractivity contribution in [2.24, 2.45) is 0 Å². The average molecular weight is 268 g/mol. The van der Waals surface area contributed by atoms with Crippen LogP contribution in [0.25, 0.3) is 0 Å². The first kappa shape index (κ1) is 15.0. The molecule has 0 fully saturated rings. The van der Waals surface area contributed by atoms with E-state index in [9.17, 15) is 9.90 Å². The molecule has 0 bridgehead atoms. The van der Waals surface area contributed by atoms with E-state index < -0.39 is 0 Å². The van der Waals surface area contributed by atoms with Gasteiger partial charge in [0.1, 0.15) is 0 Å². The molecule has 2 unspecified atom stereocenters. The summed E-state index contributed by atoms with van der Waals surface area (Å²) >= 11 is 1.54. The molecule has 0 aliphatic rings. The maximum atomic E-state index is 12.1. The molecule has 0 radical (unpaired) electrons. The van der Waals surface area contributed by atoms with Crippen molar-refractivity contribution in [3.05, 3.63) is 29.1 Å². The molecule has 0 aliphatic carbocycles. The van der Waals surface area contributed by atoms with E-state index in [1.54, 1.807) is 17.8 Å². The van der Waals surface area contributed by atoms with Gasteiger partial charge < -0.3 is 10.4 Å². The Morgan fingerprint density at radius 2 is 2.17 bits per heavy atom. The van der Waals surface area contributed by atoms with Gasteiger partial charge in [-0.05, 0) is 39.2 Å². The molecule has 5 heteroatoms. The molecular formula is C13H20N2O2S. The van der Waals surface area contributed by atoms with Crippen LogP contribution in [0.4, 0.5) is 0 Å². The van der Waals surface area contributed by atoms with Gasteiger partial charge in [0.25, 0.3) is 5.91 Å². The van der Waals surface area contributed by atoms with Crippen LogP contribution < -0.4 is 5.32 Å². The minimum absolute atomic E-state index is 0.00710. The number of aryl methyl sites for hydroxylation is 2. The number of nitrogens with one attached hydrogen (secondary N) is 1. The van der Waals surface area contributed by atoms with Gasteiger partial charge in [-0.3, -0.25) is 9.78 Å². The lowest BCUT2D eigenvalue weighted by Crippen LogP contribution is -2.41. The van der Waals surface area contributed by atoms with Crippen molar-refractivity contribution < 1.29 is 9.90 Å². The molecule has 1 rings (SSSR count). The van der Waals surface area contributed by atoms with Crippen LogP contribution in [0.1, 0.15) is 28.7 Å². The molecule has 1 amide bonds. The second kappa shape index (κ2) is 6.75. The Balaban J connectivity index is 2.76. The van der Waals surface area contributed by atoms with Crippen LogP contribution in [0.3, 0.4) is 0 Å². The monoisotopic (exact) mass is 268 g/mol. The Morgan fingerprint density at radius 3 is 2.67 bits per heavy atom. The van der Waals surface area contributed by atoms with E-state index >= 15 is 0 Å². The third-order valence-electron chi connectivity index (χ3n) is 2.87. The fourth-order valence-electron chi connectivity index (χ4n) is 1.74. The van der Waals surface area contributed by atoms with Gasteiger partial charge in [0.15, 0.2) is 0 Å². The van der Waals surface area contributed by atoms with Gasteiger partial charge in [0.2, 0.25) is 0 Å². The Hall–Kier alpha value is -1.07. The highest BCUT2D eigenvalue weighted by Crippen LogP contribution is 2.12. The van der Waals surface area contributed by atoms with Crippen molar-refractivity contribution in [1.29, 1.82) is 0 Å². The number of hydrogen-bond donors (Lipinski definition) is 2. The summed E-state index contributed by atoms with van der Waals surface area (Å²) in [4.78, 5) is 16.4. The maximum Gasteiger partial charge on any atom is 0.253 e. The number of hydrogen-bond acceptors (Lipinski definition) is 4. The zero-order valence-corrected chi connectivity index (χ0v) is 12.0. The number of aliphatic hydroxyl groups is 1. The SMILES string of the molecule is CSC(CO)C(C)NC(=O)c1ccc(C)nc1C. The summed E-state index contributed by atoms with van der Waals surface area (Å²) in [6.45, 7) is 5.66. The van der Waals surface area contributed by atoms with Gasteiger partial charge in [0, 0.05) is 17.0 Å². The van der Waals surface area contributed by atoms with E-state index in [0.29, 0.717) is 5.56 Å². The molecule has 0 spiro atoms. The first-order valence-electron chi connectivity index (χ1n) is 5.88. The van der Waals surface area contributed by atoms with Crippen LogP contribution in [0, 0.1) is 13.8 Å². The standard InChI is InChI=1S/C13H20N2O2S/c1-8-5-6-11(9(2)14-8)13(17)15-10(3)12(7-16)18-4/h5-6,10,12,16H,7H2,1-4H3,(H,15,17). The van der Waals surface area contributed by atoms with Gasteiger partial charge >= 0.3 is 0 Å². The predicted molar refractivity (Wildman–Crippen MR) is 75.0 cm³/mol.